The Kier molecular flexibility index (Phi) is 33.3. The average Bonchev–Trinajstić information content (AvgIpc) is 3.34. The van der Waals surface area contributed by atoms with Gasteiger partial charge in [0.2, 0.25) is 0 Å². The zero-order valence-corrected chi connectivity index (χ0v) is 46.8. The summed E-state index contributed by atoms with van der Waals surface area (Å²) in [5.41, 5.74) is 4.62. The van der Waals surface area contributed by atoms with Gasteiger partial charge in [-0.1, -0.05) is 30.3 Å². The molecule has 0 radical (unpaired) electrons. The first-order chi connectivity index (χ1) is 34.4. The second-order valence-electron chi connectivity index (χ2n) is 13.7. The van der Waals surface area contributed by atoms with Gasteiger partial charge in [-0.2, -0.15) is 13.2 Å². The lowest BCUT2D eigenvalue weighted by Crippen LogP contribution is -2.29. The van der Waals surface area contributed by atoms with E-state index in [2.05, 4.69) is 67.7 Å². The topological polar surface area (TPSA) is 221 Å². The number of carbonyl (C=O) groups is 1. The molecule has 0 amide bonds. The van der Waals surface area contributed by atoms with E-state index in [9.17, 15) is 31.1 Å². The molecule has 0 aliphatic carbocycles. The third-order valence-corrected chi connectivity index (χ3v) is 13.8. The Morgan fingerprint density at radius 1 is 0.603 bits per heavy atom. The van der Waals surface area contributed by atoms with E-state index in [4.69, 9.17) is 54.8 Å². The van der Waals surface area contributed by atoms with Gasteiger partial charge in [0.25, 0.3) is 0 Å². The fourth-order valence-corrected chi connectivity index (χ4v) is 9.07. The van der Waals surface area contributed by atoms with Crippen LogP contribution in [0.3, 0.4) is 0 Å². The fraction of sp³-hybridized carbons (Fsp3) is 0.283. The molecule has 0 aliphatic heterocycles. The molecular formula is C46H52BBr3ClF5N4O11P2. The van der Waals surface area contributed by atoms with Gasteiger partial charge in [0, 0.05) is 43.8 Å². The molecule has 0 unspecified atom stereocenters. The van der Waals surface area contributed by atoms with E-state index in [1.54, 1.807) is 76.7 Å². The number of hydrogen-bond acceptors (Lipinski definition) is 14. The van der Waals surface area contributed by atoms with Crippen molar-refractivity contribution in [1.29, 1.82) is 0 Å². The molecule has 4 N–H and O–H groups in total. The van der Waals surface area contributed by atoms with E-state index in [-0.39, 0.29) is 30.2 Å². The van der Waals surface area contributed by atoms with Crippen LogP contribution in [0.1, 0.15) is 50.5 Å². The summed E-state index contributed by atoms with van der Waals surface area (Å²) in [6.45, 7) is 8.51. The molecule has 27 heteroatoms. The largest absolute Gasteiger partial charge is 0.490 e. The molecule has 0 saturated heterocycles. The number of carboxylic acid groups (broad SMARTS) is 1. The summed E-state index contributed by atoms with van der Waals surface area (Å²) >= 11 is 15.3. The third kappa shape index (κ3) is 29.7. The molecule has 0 spiro atoms. The van der Waals surface area contributed by atoms with E-state index in [1.807, 2.05) is 36.4 Å². The highest BCUT2D eigenvalue weighted by molar-refractivity contribution is 9.11. The summed E-state index contributed by atoms with van der Waals surface area (Å²) in [6.07, 6.45) is 1.94. The predicted octanol–water partition coefficient (Wildman–Crippen LogP) is 12.3. The monoisotopic (exact) mass is 1280 g/mol. The Morgan fingerprint density at radius 3 is 1.29 bits per heavy atom. The number of halogens is 9. The van der Waals surface area contributed by atoms with Crippen molar-refractivity contribution in [1.82, 2.24) is 19.9 Å². The lowest BCUT2D eigenvalue weighted by molar-refractivity contribution is -0.192. The van der Waals surface area contributed by atoms with Crippen LogP contribution in [0, 0.1) is 11.6 Å². The fourth-order valence-electron chi connectivity index (χ4n) is 4.95. The number of carboxylic acids is 1. The molecule has 73 heavy (non-hydrogen) atoms. The first-order valence-electron chi connectivity index (χ1n) is 21.3. The number of pyridine rings is 4. The maximum atomic E-state index is 13.2. The van der Waals surface area contributed by atoms with E-state index in [1.165, 1.54) is 30.3 Å². The van der Waals surface area contributed by atoms with Crippen LogP contribution in [0.15, 0.2) is 135 Å². The SMILES string of the molecule is CCOP(=O)(Cc1ccc(-c2cccc(F)c2)cn1)OCC.CCOP(=O)(Cc1ccc(Br)cn1)OCC.ClCc1ccc(Br)cn1.O=C(O)C(F)(F)F.OB(O)c1cccc(F)c1.OCc1ccc(Br)cn1. The zero-order chi connectivity index (χ0) is 55.0. The number of alkyl halides is 4. The van der Waals surface area contributed by atoms with Gasteiger partial charge >= 0.3 is 34.5 Å². The second kappa shape index (κ2) is 36.2. The van der Waals surface area contributed by atoms with Gasteiger partial charge < -0.3 is 38.4 Å². The molecule has 2 aromatic carbocycles. The molecule has 0 bridgehead atoms. The minimum Gasteiger partial charge on any atom is -0.475 e. The second-order valence-corrected chi connectivity index (χ2v) is 20.8. The van der Waals surface area contributed by atoms with Crippen LogP contribution in [-0.2, 0) is 56.8 Å². The van der Waals surface area contributed by atoms with Gasteiger partial charge in [0.05, 0.1) is 74.0 Å². The van der Waals surface area contributed by atoms with Gasteiger partial charge in [0.15, 0.2) is 0 Å². The quantitative estimate of drug-likeness (QED) is 0.0306. The maximum absolute atomic E-state index is 13.2. The lowest BCUT2D eigenvalue weighted by Gasteiger charge is -2.16. The minimum atomic E-state index is -5.08. The molecule has 0 aliphatic rings. The summed E-state index contributed by atoms with van der Waals surface area (Å²) < 4.78 is 106. The number of aromatic nitrogens is 4. The third-order valence-electron chi connectivity index (χ3n) is 8.05. The number of hydrogen-bond donors (Lipinski definition) is 4. The van der Waals surface area contributed by atoms with Crippen molar-refractivity contribution in [2.24, 2.45) is 0 Å². The van der Waals surface area contributed by atoms with Gasteiger partial charge in [-0.3, -0.25) is 29.1 Å². The lowest BCUT2D eigenvalue weighted by atomic mass is 9.80. The molecule has 6 rings (SSSR count). The predicted molar refractivity (Wildman–Crippen MR) is 280 cm³/mol. The van der Waals surface area contributed by atoms with Crippen LogP contribution in [-0.4, -0.2) is 85.9 Å². The Labute approximate surface area is 450 Å². The molecule has 15 nitrogen and oxygen atoms in total. The van der Waals surface area contributed by atoms with Gasteiger partial charge in [-0.25, -0.2) is 13.6 Å². The Balaban J connectivity index is 0.000000461. The highest BCUT2D eigenvalue weighted by Crippen LogP contribution is 2.51. The summed E-state index contributed by atoms with van der Waals surface area (Å²) in [7, 11) is -7.78. The molecule has 0 saturated carbocycles. The van der Waals surface area contributed by atoms with Gasteiger partial charge in [-0.05, 0) is 153 Å². The molecule has 4 aromatic heterocycles. The van der Waals surface area contributed by atoms with Crippen LogP contribution in [0.2, 0.25) is 0 Å². The summed E-state index contributed by atoms with van der Waals surface area (Å²) in [6, 6.07) is 26.1. The Hall–Kier alpha value is -3.87. The maximum Gasteiger partial charge on any atom is 0.490 e. The van der Waals surface area contributed by atoms with Crippen LogP contribution >= 0.6 is 74.6 Å². The number of aliphatic carboxylic acids is 1. The molecule has 6 aromatic rings. The standard InChI is InChI=1S/C16H19FNO3P.C10H15BrNO3P.C6H6BFO2.C6H5BrClN.C6H6BrNO.C2HF3O2/c1-3-20-22(19,21-4-2)12-16-9-8-14(11-18-16)13-6-5-7-15(17)10-13;1-3-14-16(13,15-4-2)8-10-6-5-9(11)7-12-10;8-6-3-1-2-5(4-6)7(9)10;7-5-1-2-6(3-8)9-4-5;7-5-1-2-6(4-9)8-3-5;3-2(4,5)1(6)7/h5-11H,3-4,12H2,1-2H3;5-7H,3-4,8H2,1-2H3;1-4,9-10H;1-2,4H,3H2;1-3,9H,4H2;(H,6,7). The molecular weight excluding hydrogens is 1230 g/mol. The van der Waals surface area contributed by atoms with Crippen molar-refractivity contribution in [2.75, 3.05) is 26.4 Å². The highest BCUT2D eigenvalue weighted by Gasteiger charge is 2.38. The Morgan fingerprint density at radius 2 is 0.986 bits per heavy atom. The van der Waals surface area contributed by atoms with Crippen molar-refractivity contribution in [2.45, 2.75) is 58.7 Å². The van der Waals surface area contributed by atoms with Crippen molar-refractivity contribution >= 4 is 93.1 Å². The van der Waals surface area contributed by atoms with Gasteiger partial charge in [-0.15, -0.1) is 11.6 Å². The average molecular weight is 1280 g/mol. The van der Waals surface area contributed by atoms with E-state index in [0.29, 0.717) is 49.4 Å². The summed E-state index contributed by atoms with van der Waals surface area (Å²) in [5.74, 6) is -3.04. The van der Waals surface area contributed by atoms with Crippen LogP contribution in [0.25, 0.3) is 11.1 Å². The van der Waals surface area contributed by atoms with Crippen LogP contribution < -0.4 is 5.46 Å². The number of rotatable bonds is 16. The van der Waals surface area contributed by atoms with E-state index >= 15 is 0 Å². The van der Waals surface area contributed by atoms with Gasteiger partial charge in [0.1, 0.15) is 11.6 Å². The minimum absolute atomic E-state index is 0.00722. The van der Waals surface area contributed by atoms with Crippen molar-refractivity contribution in [3.8, 4) is 11.1 Å². The number of nitrogens with zero attached hydrogens (tertiary/aromatic N) is 4. The van der Waals surface area contributed by atoms with Crippen molar-refractivity contribution in [3.05, 3.63) is 170 Å². The smallest absolute Gasteiger partial charge is 0.475 e. The summed E-state index contributed by atoms with van der Waals surface area (Å²) in [5, 5.41) is 32.7. The first kappa shape index (κ1) is 67.1. The molecule has 0 atom stereocenters. The van der Waals surface area contributed by atoms with Crippen LogP contribution in [0.5, 0.6) is 0 Å². The van der Waals surface area contributed by atoms with E-state index in [0.717, 1.165) is 36.3 Å². The number of benzene rings is 2. The van der Waals surface area contributed by atoms with Crippen molar-refractivity contribution in [3.63, 3.8) is 0 Å². The highest BCUT2D eigenvalue weighted by atomic mass is 79.9. The first-order valence-corrected chi connectivity index (χ1v) is 27.7. The number of aliphatic hydroxyl groups is 1. The van der Waals surface area contributed by atoms with E-state index < -0.39 is 40.3 Å². The van der Waals surface area contributed by atoms with Crippen LogP contribution in [0.4, 0.5) is 22.0 Å². The molecule has 398 valence electrons. The Bertz CT molecular complexity index is 2530. The number of aliphatic hydroxyl groups excluding tert-OH is 1. The molecule has 0 fully saturated rings. The molecule has 4 heterocycles. The summed E-state index contributed by atoms with van der Waals surface area (Å²) in [4.78, 5) is 25.2. The van der Waals surface area contributed by atoms with Crippen molar-refractivity contribution < 1.29 is 74.2 Å². The zero-order valence-electron chi connectivity index (χ0n) is 39.5. The normalized spacial score (nSPS) is 10.8.